The topological polar surface area (TPSA) is 30.3 Å². The number of nitrogens with zero attached hydrogens (tertiary/aromatic N) is 3. The second-order valence-corrected chi connectivity index (χ2v) is 5.87. The first kappa shape index (κ1) is 13.4. The van der Waals surface area contributed by atoms with E-state index in [1.807, 2.05) is 18.2 Å². The maximum absolute atomic E-state index is 9.30. The summed E-state index contributed by atoms with van der Waals surface area (Å²) < 4.78 is 0.877. The van der Waals surface area contributed by atoms with E-state index in [-0.39, 0.29) is 0 Å². The Hall–Kier alpha value is -1.05. The number of benzene rings is 1. The van der Waals surface area contributed by atoms with Gasteiger partial charge >= 0.3 is 0 Å². The number of likely N-dealkylation sites (N-methyl/N-ethyl adjacent to an activating group) is 1. The van der Waals surface area contributed by atoms with Crippen molar-refractivity contribution in [2.45, 2.75) is 25.9 Å². The molecule has 1 heterocycles. The number of halogens is 1. The molecule has 1 saturated heterocycles. The molecule has 0 N–H and O–H groups in total. The van der Waals surface area contributed by atoms with Crippen LogP contribution in [0.15, 0.2) is 22.7 Å². The van der Waals surface area contributed by atoms with Gasteiger partial charge in [-0.2, -0.15) is 5.26 Å². The molecular formula is C14H18BrN3. The summed E-state index contributed by atoms with van der Waals surface area (Å²) in [5.74, 6) is 0. The lowest BCUT2D eigenvalue weighted by Gasteiger charge is -2.43. The van der Waals surface area contributed by atoms with Crippen LogP contribution in [0.4, 0.5) is 5.69 Å². The number of anilines is 1. The molecule has 0 radical (unpaired) electrons. The maximum atomic E-state index is 9.30. The average Bonchev–Trinajstić information content (AvgIpc) is 2.35. The number of piperazine rings is 1. The van der Waals surface area contributed by atoms with Gasteiger partial charge < -0.3 is 4.90 Å². The Bertz CT molecular complexity index is 468. The lowest BCUT2D eigenvalue weighted by atomic mass is 10.1. The van der Waals surface area contributed by atoms with Crippen LogP contribution in [0, 0.1) is 11.3 Å². The third kappa shape index (κ3) is 2.38. The molecule has 2 rings (SSSR count). The first-order valence-corrected chi connectivity index (χ1v) is 6.99. The summed E-state index contributed by atoms with van der Waals surface area (Å²) in [6.07, 6.45) is 0. The molecular weight excluding hydrogens is 290 g/mol. The van der Waals surface area contributed by atoms with E-state index < -0.39 is 0 Å². The summed E-state index contributed by atoms with van der Waals surface area (Å²) >= 11 is 3.46. The monoisotopic (exact) mass is 307 g/mol. The van der Waals surface area contributed by atoms with Crippen LogP contribution in [-0.2, 0) is 0 Å². The second kappa shape index (κ2) is 5.29. The van der Waals surface area contributed by atoms with Gasteiger partial charge in [-0.3, -0.25) is 4.90 Å². The van der Waals surface area contributed by atoms with Crippen LogP contribution < -0.4 is 4.90 Å². The lowest BCUT2D eigenvalue weighted by Crippen LogP contribution is -2.55. The minimum atomic E-state index is 0.499. The molecule has 1 aliphatic rings. The van der Waals surface area contributed by atoms with Gasteiger partial charge in [0.2, 0.25) is 0 Å². The normalized spacial score (nSPS) is 24.9. The van der Waals surface area contributed by atoms with Crippen LogP contribution in [0.1, 0.15) is 19.4 Å². The quantitative estimate of drug-likeness (QED) is 0.799. The van der Waals surface area contributed by atoms with Gasteiger partial charge in [0.05, 0.1) is 11.3 Å². The van der Waals surface area contributed by atoms with Crippen molar-refractivity contribution in [2.75, 3.05) is 25.0 Å². The number of nitriles is 1. The van der Waals surface area contributed by atoms with Gasteiger partial charge in [-0.15, -0.1) is 0 Å². The van der Waals surface area contributed by atoms with E-state index in [4.69, 9.17) is 0 Å². The summed E-state index contributed by atoms with van der Waals surface area (Å²) in [6, 6.07) is 9.25. The van der Waals surface area contributed by atoms with Crippen molar-refractivity contribution in [1.82, 2.24) is 4.90 Å². The standard InChI is InChI=1S/C14H18BrN3/c1-10-8-18(9-11(2)17(10)3)14-6-4-5-13(15)12(14)7-16/h4-6,10-11H,8-9H2,1-3H3. The van der Waals surface area contributed by atoms with Crippen LogP contribution >= 0.6 is 15.9 Å². The van der Waals surface area contributed by atoms with Crippen molar-refractivity contribution in [3.63, 3.8) is 0 Å². The Balaban J connectivity index is 2.33. The molecule has 0 spiro atoms. The fraction of sp³-hybridized carbons (Fsp3) is 0.500. The zero-order chi connectivity index (χ0) is 13.3. The van der Waals surface area contributed by atoms with E-state index in [0.717, 1.165) is 28.8 Å². The maximum Gasteiger partial charge on any atom is 0.103 e. The summed E-state index contributed by atoms with van der Waals surface area (Å²) in [6.45, 7) is 6.39. The largest absolute Gasteiger partial charge is 0.367 e. The van der Waals surface area contributed by atoms with E-state index in [2.05, 4.69) is 52.7 Å². The van der Waals surface area contributed by atoms with Gasteiger partial charge in [0.1, 0.15) is 6.07 Å². The van der Waals surface area contributed by atoms with Crippen molar-refractivity contribution in [2.24, 2.45) is 0 Å². The van der Waals surface area contributed by atoms with Gasteiger partial charge in [-0.05, 0) is 49.0 Å². The van der Waals surface area contributed by atoms with E-state index >= 15 is 0 Å². The molecule has 96 valence electrons. The van der Waals surface area contributed by atoms with Crippen molar-refractivity contribution in [3.8, 4) is 6.07 Å². The molecule has 1 aliphatic heterocycles. The van der Waals surface area contributed by atoms with E-state index in [1.165, 1.54) is 0 Å². The predicted molar refractivity (Wildman–Crippen MR) is 77.8 cm³/mol. The fourth-order valence-electron chi connectivity index (χ4n) is 2.49. The zero-order valence-corrected chi connectivity index (χ0v) is 12.6. The van der Waals surface area contributed by atoms with E-state index in [1.54, 1.807) is 0 Å². The number of hydrogen-bond acceptors (Lipinski definition) is 3. The molecule has 0 bridgehead atoms. The molecule has 0 aromatic heterocycles. The SMILES string of the molecule is CC1CN(c2cccc(Br)c2C#N)CC(C)N1C. The highest BCUT2D eigenvalue weighted by Gasteiger charge is 2.27. The van der Waals surface area contributed by atoms with Crippen LogP contribution in [0.25, 0.3) is 0 Å². The molecule has 1 fully saturated rings. The first-order chi connectivity index (χ1) is 8.54. The Labute approximate surface area is 117 Å². The van der Waals surface area contributed by atoms with E-state index in [9.17, 15) is 5.26 Å². The lowest BCUT2D eigenvalue weighted by molar-refractivity contribution is 0.170. The molecule has 2 atom stereocenters. The van der Waals surface area contributed by atoms with Crippen molar-refractivity contribution in [3.05, 3.63) is 28.2 Å². The highest BCUT2D eigenvalue weighted by atomic mass is 79.9. The van der Waals surface area contributed by atoms with Gasteiger partial charge in [-0.1, -0.05) is 6.07 Å². The number of rotatable bonds is 1. The fourth-order valence-corrected chi connectivity index (χ4v) is 2.93. The van der Waals surface area contributed by atoms with Gasteiger partial charge in [0.15, 0.2) is 0 Å². The highest BCUT2D eigenvalue weighted by molar-refractivity contribution is 9.10. The first-order valence-electron chi connectivity index (χ1n) is 6.20. The summed E-state index contributed by atoms with van der Waals surface area (Å²) in [5.41, 5.74) is 1.78. The Morgan fingerprint density at radius 1 is 1.28 bits per heavy atom. The molecule has 2 unspecified atom stereocenters. The second-order valence-electron chi connectivity index (χ2n) is 5.01. The summed E-state index contributed by atoms with van der Waals surface area (Å²) in [4.78, 5) is 4.71. The van der Waals surface area contributed by atoms with E-state index in [0.29, 0.717) is 12.1 Å². The van der Waals surface area contributed by atoms with Gasteiger partial charge in [-0.25, -0.2) is 0 Å². The van der Waals surface area contributed by atoms with Gasteiger partial charge in [0.25, 0.3) is 0 Å². The summed E-state index contributed by atoms with van der Waals surface area (Å²) in [5, 5.41) is 9.30. The van der Waals surface area contributed by atoms with Crippen LogP contribution in [-0.4, -0.2) is 37.1 Å². The Morgan fingerprint density at radius 3 is 2.44 bits per heavy atom. The molecule has 18 heavy (non-hydrogen) atoms. The zero-order valence-electron chi connectivity index (χ0n) is 11.0. The van der Waals surface area contributed by atoms with Crippen molar-refractivity contribution >= 4 is 21.6 Å². The predicted octanol–water partition coefficient (Wildman–Crippen LogP) is 2.85. The van der Waals surface area contributed by atoms with Gasteiger partial charge in [0, 0.05) is 29.6 Å². The minimum Gasteiger partial charge on any atom is -0.367 e. The molecule has 4 heteroatoms. The Kier molecular flexibility index (Phi) is 3.94. The van der Waals surface area contributed by atoms with Crippen molar-refractivity contribution in [1.29, 1.82) is 5.26 Å². The summed E-state index contributed by atoms with van der Waals surface area (Å²) in [7, 11) is 2.17. The third-order valence-corrected chi connectivity index (χ3v) is 4.46. The average molecular weight is 308 g/mol. The molecule has 3 nitrogen and oxygen atoms in total. The number of hydrogen-bond donors (Lipinski definition) is 0. The molecule has 0 amide bonds. The highest BCUT2D eigenvalue weighted by Crippen LogP contribution is 2.29. The molecule has 0 saturated carbocycles. The molecule has 1 aromatic rings. The van der Waals surface area contributed by atoms with Crippen molar-refractivity contribution < 1.29 is 0 Å². The smallest absolute Gasteiger partial charge is 0.103 e. The van der Waals surface area contributed by atoms with Crippen LogP contribution in [0.5, 0.6) is 0 Å². The Morgan fingerprint density at radius 2 is 1.89 bits per heavy atom. The molecule has 1 aromatic carbocycles. The van der Waals surface area contributed by atoms with Crippen LogP contribution in [0.2, 0.25) is 0 Å². The molecule has 0 aliphatic carbocycles. The minimum absolute atomic E-state index is 0.499. The third-order valence-electron chi connectivity index (χ3n) is 3.80. The van der Waals surface area contributed by atoms with Crippen LogP contribution in [0.3, 0.4) is 0 Å².